The Hall–Kier alpha value is -3.07. The van der Waals surface area contributed by atoms with Gasteiger partial charge in [-0.25, -0.2) is 0 Å². The maximum Gasteiger partial charge on any atom is 0.233 e. The first-order chi connectivity index (χ1) is 14.3. The highest BCUT2D eigenvalue weighted by Gasteiger charge is 2.18. The van der Waals surface area contributed by atoms with Gasteiger partial charge in [-0.15, -0.1) is 0 Å². The van der Waals surface area contributed by atoms with E-state index in [0.29, 0.717) is 23.9 Å². The van der Waals surface area contributed by atoms with Crippen molar-refractivity contribution in [1.82, 2.24) is 25.3 Å². The number of benzene rings is 1. The van der Waals surface area contributed by atoms with Crippen LogP contribution in [0.4, 0.5) is 23.5 Å². The first-order valence-electron chi connectivity index (χ1n) is 10.3. The highest BCUT2D eigenvalue weighted by Crippen LogP contribution is 2.30. The molecule has 6 N–H and O–H groups in total. The second-order valence-corrected chi connectivity index (χ2v) is 9.07. The van der Waals surface area contributed by atoms with Crippen LogP contribution in [0.2, 0.25) is 0 Å². The van der Waals surface area contributed by atoms with Gasteiger partial charge >= 0.3 is 0 Å². The van der Waals surface area contributed by atoms with Crippen molar-refractivity contribution in [3.8, 4) is 5.88 Å². The van der Waals surface area contributed by atoms with Gasteiger partial charge in [-0.1, -0.05) is 20.8 Å². The Kier molecular flexibility index (Phi) is 5.38. The van der Waals surface area contributed by atoms with Gasteiger partial charge in [0.2, 0.25) is 17.8 Å². The number of aryl methyl sites for hydroxylation is 1. The van der Waals surface area contributed by atoms with Gasteiger partial charge in [-0.2, -0.15) is 15.0 Å². The number of anilines is 4. The average Bonchev–Trinajstić information content (AvgIpc) is 3.30. The normalized spacial score (nSPS) is 16.7. The fraction of sp³-hybridized carbons (Fsp3) is 0.476. The van der Waals surface area contributed by atoms with Gasteiger partial charge < -0.3 is 31.4 Å². The number of H-pyrrole nitrogens is 1. The molecule has 1 fully saturated rings. The predicted octanol–water partition coefficient (Wildman–Crippen LogP) is 3.34. The second kappa shape index (κ2) is 7.98. The van der Waals surface area contributed by atoms with Crippen LogP contribution in [0.15, 0.2) is 18.3 Å². The highest BCUT2D eigenvalue weighted by atomic mass is 16.3. The summed E-state index contributed by atoms with van der Waals surface area (Å²) in [5.74, 6) is 1.67. The van der Waals surface area contributed by atoms with E-state index in [-0.39, 0.29) is 11.3 Å². The van der Waals surface area contributed by atoms with E-state index in [4.69, 9.17) is 0 Å². The van der Waals surface area contributed by atoms with Crippen molar-refractivity contribution in [1.29, 1.82) is 0 Å². The molecule has 0 bridgehead atoms. The fourth-order valence-corrected chi connectivity index (χ4v) is 3.41. The molecule has 9 nitrogen and oxygen atoms in total. The fourth-order valence-electron chi connectivity index (χ4n) is 3.41. The van der Waals surface area contributed by atoms with Crippen LogP contribution in [0.5, 0.6) is 5.88 Å². The van der Waals surface area contributed by atoms with Crippen LogP contribution in [0, 0.1) is 12.3 Å². The van der Waals surface area contributed by atoms with Crippen molar-refractivity contribution in [2.45, 2.75) is 40.2 Å². The molecule has 1 aliphatic rings. The van der Waals surface area contributed by atoms with Gasteiger partial charge in [0, 0.05) is 41.8 Å². The van der Waals surface area contributed by atoms with E-state index in [0.717, 1.165) is 48.1 Å². The highest BCUT2D eigenvalue weighted by molar-refractivity contribution is 5.92. The molecule has 2 aromatic heterocycles. The monoisotopic (exact) mass is 410 g/mol. The van der Waals surface area contributed by atoms with Gasteiger partial charge in [-0.05, 0) is 43.0 Å². The summed E-state index contributed by atoms with van der Waals surface area (Å²) in [7, 11) is 0. The van der Waals surface area contributed by atoms with Crippen molar-refractivity contribution >= 4 is 34.3 Å². The molecule has 1 atom stereocenters. The van der Waals surface area contributed by atoms with Crippen LogP contribution in [-0.2, 0) is 0 Å². The molecule has 0 amide bonds. The van der Waals surface area contributed by atoms with Crippen LogP contribution in [-0.4, -0.2) is 50.7 Å². The van der Waals surface area contributed by atoms with Crippen LogP contribution >= 0.6 is 0 Å². The summed E-state index contributed by atoms with van der Waals surface area (Å²) in [5, 5.41) is 25.1. The molecule has 160 valence electrons. The van der Waals surface area contributed by atoms with Crippen LogP contribution in [0.3, 0.4) is 0 Å². The Morgan fingerprint density at radius 3 is 2.63 bits per heavy atom. The summed E-state index contributed by atoms with van der Waals surface area (Å²) < 4.78 is 0. The zero-order valence-corrected chi connectivity index (χ0v) is 17.9. The Bertz CT molecular complexity index is 1030. The number of aromatic nitrogens is 4. The molecule has 4 rings (SSSR count). The number of nitrogens with zero attached hydrogens (tertiary/aromatic N) is 3. The van der Waals surface area contributed by atoms with Crippen LogP contribution in [0.25, 0.3) is 10.8 Å². The Balaban J connectivity index is 1.63. The third-order valence-corrected chi connectivity index (χ3v) is 5.07. The summed E-state index contributed by atoms with van der Waals surface area (Å²) in [4.78, 5) is 16.6. The minimum Gasteiger partial charge on any atom is -0.494 e. The summed E-state index contributed by atoms with van der Waals surface area (Å²) in [5.41, 5.74) is 1.95. The van der Waals surface area contributed by atoms with E-state index in [9.17, 15) is 5.11 Å². The number of aromatic hydroxyl groups is 1. The number of aromatic amines is 1. The molecule has 1 saturated heterocycles. The van der Waals surface area contributed by atoms with Crippen molar-refractivity contribution < 1.29 is 5.11 Å². The number of nitrogens with one attached hydrogen (secondary N) is 5. The minimum absolute atomic E-state index is 0.0939. The van der Waals surface area contributed by atoms with Gasteiger partial charge in [0.25, 0.3) is 0 Å². The number of rotatable bonds is 6. The Labute approximate surface area is 176 Å². The molecule has 3 aromatic rings. The van der Waals surface area contributed by atoms with E-state index in [1.54, 1.807) is 6.20 Å². The maximum atomic E-state index is 10.0. The van der Waals surface area contributed by atoms with Crippen molar-refractivity contribution in [2.24, 2.45) is 5.41 Å². The van der Waals surface area contributed by atoms with Gasteiger partial charge in [0.15, 0.2) is 5.88 Å². The summed E-state index contributed by atoms with van der Waals surface area (Å²) >= 11 is 0. The quantitative estimate of drug-likeness (QED) is 0.366. The van der Waals surface area contributed by atoms with Gasteiger partial charge in [0.05, 0.1) is 0 Å². The summed E-state index contributed by atoms with van der Waals surface area (Å²) in [6, 6.07) is 4.21. The molecule has 30 heavy (non-hydrogen) atoms. The van der Waals surface area contributed by atoms with Gasteiger partial charge in [-0.3, -0.25) is 0 Å². The number of hydrogen-bond acceptors (Lipinski definition) is 8. The molecule has 0 aliphatic carbocycles. The van der Waals surface area contributed by atoms with Crippen molar-refractivity contribution in [2.75, 3.05) is 35.6 Å². The molecular weight excluding hydrogens is 380 g/mol. The second-order valence-electron chi connectivity index (χ2n) is 9.07. The van der Waals surface area contributed by atoms with Crippen LogP contribution < -0.4 is 21.3 Å². The van der Waals surface area contributed by atoms with Crippen LogP contribution in [0.1, 0.15) is 32.8 Å². The minimum atomic E-state index is 0.0939. The van der Waals surface area contributed by atoms with E-state index in [2.05, 4.69) is 62.0 Å². The van der Waals surface area contributed by atoms with E-state index < -0.39 is 0 Å². The summed E-state index contributed by atoms with van der Waals surface area (Å²) in [6.07, 6.45) is 2.82. The lowest BCUT2D eigenvalue weighted by atomic mass is 9.97. The summed E-state index contributed by atoms with van der Waals surface area (Å²) in [6.45, 7) is 11.1. The lowest BCUT2D eigenvalue weighted by Crippen LogP contribution is -2.25. The third kappa shape index (κ3) is 4.73. The SMILES string of the molecule is Cc1cc2c[nH]c(O)c2cc1Nc1nc(NCC(C)(C)C)nc(N[C@H]2CCNC2)n1. The van der Waals surface area contributed by atoms with E-state index in [1.807, 2.05) is 19.1 Å². The Morgan fingerprint density at radius 2 is 1.90 bits per heavy atom. The molecular formula is C21H30N8O. The molecule has 0 saturated carbocycles. The average molecular weight is 411 g/mol. The van der Waals surface area contributed by atoms with E-state index >= 15 is 0 Å². The molecule has 3 heterocycles. The first kappa shape index (κ1) is 20.2. The topological polar surface area (TPSA) is 123 Å². The van der Waals surface area contributed by atoms with Gasteiger partial charge in [0.1, 0.15) is 0 Å². The molecule has 0 spiro atoms. The molecule has 1 aliphatic heterocycles. The zero-order valence-electron chi connectivity index (χ0n) is 17.9. The number of hydrogen-bond donors (Lipinski definition) is 6. The van der Waals surface area contributed by atoms with E-state index in [1.165, 1.54) is 0 Å². The zero-order chi connectivity index (χ0) is 21.3. The predicted molar refractivity (Wildman–Crippen MR) is 121 cm³/mol. The standard InChI is InChI=1S/C21H30N8O/c1-12-7-13-9-23-17(30)15(13)8-16(12)26-20-28-18(24-11-21(2,3)4)27-19(29-20)25-14-5-6-22-10-14/h7-9,14,22-23,30H,5-6,10-11H2,1-4H3,(H3,24,25,26,27,28,29)/t14-/m0/s1. The van der Waals surface area contributed by atoms with Crippen molar-refractivity contribution in [3.63, 3.8) is 0 Å². The molecule has 1 aromatic carbocycles. The molecule has 0 unspecified atom stereocenters. The first-order valence-corrected chi connectivity index (χ1v) is 10.3. The maximum absolute atomic E-state index is 10.0. The molecule has 9 heteroatoms. The lowest BCUT2D eigenvalue weighted by Gasteiger charge is -2.20. The smallest absolute Gasteiger partial charge is 0.233 e. The van der Waals surface area contributed by atoms with Crippen molar-refractivity contribution in [3.05, 3.63) is 23.9 Å². The number of fused-ring (bicyclic) bond motifs is 1. The third-order valence-electron chi connectivity index (χ3n) is 5.07. The Morgan fingerprint density at radius 1 is 1.13 bits per heavy atom. The molecule has 0 radical (unpaired) electrons. The lowest BCUT2D eigenvalue weighted by molar-refractivity contribution is 0.441. The largest absolute Gasteiger partial charge is 0.494 e.